The number of hydrogen-bond acceptors (Lipinski definition) is 10. The number of nitrogens with zero attached hydrogens (tertiary/aromatic N) is 4. The number of aryl methyl sites for hydroxylation is 4. The van der Waals surface area contributed by atoms with Gasteiger partial charge in [0.15, 0.2) is 0 Å². The highest BCUT2D eigenvalue weighted by Gasteiger charge is 2.27. The number of carbonyl (C=O) groups is 2. The second kappa shape index (κ2) is 39.6. The molecule has 10 nitrogen and oxygen atoms in total. The summed E-state index contributed by atoms with van der Waals surface area (Å²) in [7, 11) is 0. The lowest BCUT2D eigenvalue weighted by Crippen LogP contribution is -2.28. The maximum Gasteiger partial charge on any atom is 0.509 e. The molecule has 0 saturated carbocycles. The zero-order valence-corrected chi connectivity index (χ0v) is 74.8. The topological polar surface area (TPSA) is 84.0 Å². The number of unbranched alkanes of at least 4 members (excludes halogenated alkanes) is 2. The molecule has 0 bridgehead atoms. The van der Waals surface area contributed by atoms with E-state index in [1.54, 1.807) is 0 Å². The van der Waals surface area contributed by atoms with E-state index in [0.717, 1.165) is 162 Å². The molecule has 16 aromatic rings. The number of rotatable bonds is 31. The Kier molecular flexibility index (Phi) is 26.9. The van der Waals surface area contributed by atoms with Gasteiger partial charge in [-0.25, -0.2) is 9.59 Å². The van der Waals surface area contributed by atoms with Crippen LogP contribution in [0.15, 0.2) is 388 Å². The molecule has 0 aliphatic heterocycles. The van der Waals surface area contributed by atoms with Crippen LogP contribution in [0.25, 0.3) is 77.9 Å². The summed E-state index contributed by atoms with van der Waals surface area (Å²) in [5.74, 6) is 0. The lowest BCUT2D eigenvalue weighted by Gasteiger charge is -2.26. The summed E-state index contributed by atoms with van der Waals surface area (Å²) in [5, 5.41) is 0. The smallest absolute Gasteiger partial charge is 0.429 e. The van der Waals surface area contributed by atoms with Gasteiger partial charge in [-0.2, -0.15) is 0 Å². The third-order valence-corrected chi connectivity index (χ3v) is 24.0. The van der Waals surface area contributed by atoms with Crippen molar-refractivity contribution in [2.24, 2.45) is 0 Å². The van der Waals surface area contributed by atoms with Crippen molar-refractivity contribution in [2.75, 3.05) is 19.6 Å². The predicted molar refractivity (Wildman–Crippen MR) is 532 cm³/mol. The highest BCUT2D eigenvalue weighted by molar-refractivity contribution is 5.87. The van der Waals surface area contributed by atoms with Gasteiger partial charge in [-0.1, -0.05) is 269 Å². The number of ether oxygens (including phenoxy) is 4. The summed E-state index contributed by atoms with van der Waals surface area (Å²) in [6.45, 7) is 21.1. The van der Waals surface area contributed by atoms with Crippen molar-refractivity contribution < 1.29 is 28.5 Å². The van der Waals surface area contributed by atoms with Crippen LogP contribution >= 0.6 is 0 Å². The fraction of sp³-hybridized carbons (Fsp3) is 0.169. The van der Waals surface area contributed by atoms with Gasteiger partial charge in [-0.3, -0.25) is 0 Å². The molecule has 128 heavy (non-hydrogen) atoms. The van der Waals surface area contributed by atoms with E-state index in [1.807, 2.05) is 64.1 Å². The number of benzene rings is 16. The maximum absolute atomic E-state index is 12.6. The van der Waals surface area contributed by atoms with Gasteiger partial charge in [0, 0.05) is 68.2 Å². The van der Waals surface area contributed by atoms with Crippen molar-refractivity contribution in [3.63, 3.8) is 0 Å². The Labute approximate surface area is 755 Å². The van der Waals surface area contributed by atoms with Crippen molar-refractivity contribution in [2.45, 2.75) is 132 Å². The van der Waals surface area contributed by atoms with Gasteiger partial charge in [0.1, 0.15) is 24.4 Å². The molecule has 16 rings (SSSR count). The minimum absolute atomic E-state index is 0.128. The van der Waals surface area contributed by atoms with Crippen LogP contribution in [-0.4, -0.2) is 23.5 Å². The molecule has 0 radical (unpaired) electrons. The van der Waals surface area contributed by atoms with Crippen LogP contribution < -0.4 is 19.6 Å². The molecule has 0 spiro atoms. The summed E-state index contributed by atoms with van der Waals surface area (Å²) in [5.41, 5.74) is 34.3. The molecule has 0 unspecified atom stereocenters. The highest BCUT2D eigenvalue weighted by atomic mass is 16.7. The molecule has 0 amide bonds. The molecule has 0 fully saturated rings. The molecule has 0 aliphatic rings. The molecule has 0 aromatic heterocycles. The number of carbonyl (C=O) groups excluding carboxylic acids is 2. The minimum Gasteiger partial charge on any atom is -0.429 e. The zero-order chi connectivity index (χ0) is 88.7. The average Bonchev–Trinajstić information content (AvgIpc) is 0.793. The summed E-state index contributed by atoms with van der Waals surface area (Å²) in [6, 6.07) is 139. The standard InChI is InChI=1S/C118H110N4O6/c1-11-13-75-117(7,8)127-115(123)125-81-87-35-55-103(56-36-87)119(99-27-19-15-20-28-99)107-63-43-91(44-64-107)95-51-71-111(83(3)77-95)113-73-53-97(79-85(113)5)93-47-67-109(68-48-93)121(101-31-23-17-24-32-101)105-59-39-89(40-60-105)90-41-61-106(62-42-90)122(102-33-25-18-26-34-102)110-69-49-94(50-70-110)98-54-74-114(86(6)80-98)112-72-52-96(78-84(112)4)92-45-65-108(66-46-92)120(100-29-21-16-22-30-100)104-57-37-88(38-58-104)82-126-116(124)128-118(9,10)76-14-12-2/h15-74,77-80H,11-14,75-76,81-82H2,1-10H3. The fourth-order valence-corrected chi connectivity index (χ4v) is 17.1. The monoisotopic (exact) mass is 1680 g/mol. The normalized spacial score (nSPS) is 11.4. The molecule has 0 saturated heterocycles. The summed E-state index contributed by atoms with van der Waals surface area (Å²) in [6.07, 6.45) is 4.31. The van der Waals surface area contributed by atoms with Crippen molar-refractivity contribution in [1.82, 2.24) is 0 Å². The van der Waals surface area contributed by atoms with Crippen LogP contribution in [0.2, 0.25) is 0 Å². The Morgan fingerprint density at radius 2 is 0.414 bits per heavy atom. The quantitative estimate of drug-likeness (QED) is 0.0392. The van der Waals surface area contributed by atoms with Crippen LogP contribution in [0, 0.1) is 27.7 Å². The fourth-order valence-electron chi connectivity index (χ4n) is 17.1. The second-order valence-corrected chi connectivity index (χ2v) is 34.4. The first-order valence-electron chi connectivity index (χ1n) is 44.6. The summed E-state index contributed by atoms with van der Waals surface area (Å²) in [4.78, 5) is 34.4. The molecular weight excluding hydrogens is 1570 g/mol. The zero-order valence-electron chi connectivity index (χ0n) is 74.8. The van der Waals surface area contributed by atoms with Gasteiger partial charge in [0.2, 0.25) is 0 Å². The van der Waals surface area contributed by atoms with E-state index in [2.05, 4.69) is 413 Å². The predicted octanol–water partition coefficient (Wildman–Crippen LogP) is 33.7. The lowest BCUT2D eigenvalue weighted by atomic mass is 9.91. The van der Waals surface area contributed by atoms with Crippen LogP contribution in [-0.2, 0) is 32.2 Å². The molecule has 0 aliphatic carbocycles. The van der Waals surface area contributed by atoms with Crippen molar-refractivity contribution >= 4 is 80.6 Å². The van der Waals surface area contributed by atoms with E-state index in [1.165, 1.54) is 55.6 Å². The number of anilines is 12. The first-order valence-corrected chi connectivity index (χ1v) is 44.6. The van der Waals surface area contributed by atoms with Gasteiger partial charge in [-0.15, -0.1) is 0 Å². The van der Waals surface area contributed by atoms with Crippen LogP contribution in [0.3, 0.4) is 0 Å². The Balaban J connectivity index is 0.558. The van der Waals surface area contributed by atoms with Gasteiger partial charge in [-0.05, 0) is 338 Å². The molecule has 0 heterocycles. The SMILES string of the molecule is CCCCC(C)(C)OC(=O)OCc1ccc(N(c2ccccc2)c2ccc(-c3ccc(-c4ccc(-c5ccc(N(c6ccccc6)c6ccc(-c7ccc(N(c8ccccc8)c8ccc(-c9ccc(-c%10ccc(-c%11ccc(N(c%12ccccc%12)c%12ccc(COC(=O)OC(C)(C)CCCC)cc%12)cc%11)cc%10C)c(C)c9)cc8)cc7)cc6)cc5)cc4C)c(C)c3)cc2)cc1. The van der Waals surface area contributed by atoms with Crippen LogP contribution in [0.1, 0.15) is 113 Å². The summed E-state index contributed by atoms with van der Waals surface area (Å²) < 4.78 is 22.4. The van der Waals surface area contributed by atoms with E-state index in [9.17, 15) is 9.59 Å². The average molecular weight is 1680 g/mol. The third-order valence-electron chi connectivity index (χ3n) is 24.0. The molecule has 16 aromatic carbocycles. The van der Waals surface area contributed by atoms with Gasteiger partial charge in [0.25, 0.3) is 0 Å². The highest BCUT2D eigenvalue weighted by Crippen LogP contribution is 2.45. The van der Waals surface area contributed by atoms with E-state index in [0.29, 0.717) is 0 Å². The van der Waals surface area contributed by atoms with E-state index in [4.69, 9.17) is 18.9 Å². The summed E-state index contributed by atoms with van der Waals surface area (Å²) >= 11 is 0. The van der Waals surface area contributed by atoms with E-state index >= 15 is 0 Å². The van der Waals surface area contributed by atoms with Crippen molar-refractivity contribution in [1.29, 1.82) is 0 Å². The van der Waals surface area contributed by atoms with Crippen LogP contribution in [0.4, 0.5) is 77.8 Å². The maximum atomic E-state index is 12.6. The Hall–Kier alpha value is -14.7. The minimum atomic E-state index is -0.649. The number of para-hydroxylation sites is 4. The van der Waals surface area contributed by atoms with E-state index < -0.39 is 23.5 Å². The Morgan fingerprint density at radius 1 is 0.234 bits per heavy atom. The Bertz CT molecular complexity index is 6030. The van der Waals surface area contributed by atoms with Crippen molar-refractivity contribution in [3.8, 4) is 77.9 Å². The second-order valence-electron chi connectivity index (χ2n) is 34.4. The molecular formula is C118H110N4O6. The van der Waals surface area contributed by atoms with Gasteiger partial charge >= 0.3 is 12.3 Å². The van der Waals surface area contributed by atoms with E-state index in [-0.39, 0.29) is 13.2 Å². The number of hydrogen-bond donors (Lipinski definition) is 0. The lowest BCUT2D eigenvalue weighted by molar-refractivity contribution is -0.0255. The molecule has 0 N–H and O–H groups in total. The first-order chi connectivity index (χ1) is 62.3. The Morgan fingerprint density at radius 3 is 0.609 bits per heavy atom. The largest absolute Gasteiger partial charge is 0.509 e. The first kappa shape index (κ1) is 86.8. The third kappa shape index (κ3) is 20.8. The molecule has 10 heteroatoms. The van der Waals surface area contributed by atoms with Crippen molar-refractivity contribution in [3.05, 3.63) is 422 Å². The van der Waals surface area contributed by atoms with Gasteiger partial charge < -0.3 is 38.5 Å². The van der Waals surface area contributed by atoms with Gasteiger partial charge in [0.05, 0.1) is 0 Å². The van der Waals surface area contributed by atoms with Crippen LogP contribution in [0.5, 0.6) is 0 Å². The molecule has 638 valence electrons. The molecule has 0 atom stereocenters.